The van der Waals surface area contributed by atoms with Gasteiger partial charge >= 0.3 is 18.0 Å². The third-order valence-corrected chi connectivity index (χ3v) is 1.89. The molecular weight excluding hydrogens is 290 g/mol. The van der Waals surface area contributed by atoms with E-state index in [1.54, 1.807) is 0 Å². The maximum atomic E-state index is 11.7. The molecule has 0 aliphatic heterocycles. The van der Waals surface area contributed by atoms with Crippen LogP contribution in [0.5, 0.6) is 0 Å². The summed E-state index contributed by atoms with van der Waals surface area (Å²) in [5, 5.41) is 18.2. The van der Waals surface area contributed by atoms with Gasteiger partial charge in [0.1, 0.15) is 5.60 Å². The molecule has 21 heavy (non-hydrogen) atoms. The Kier molecular flexibility index (Phi) is 7.95. The fourth-order valence-corrected chi connectivity index (χ4v) is 1.19. The summed E-state index contributed by atoms with van der Waals surface area (Å²) in [5.74, 6) is -2.73. The Morgan fingerprint density at radius 2 is 1.81 bits per heavy atom. The number of hydrogen-bond acceptors (Lipinski definition) is 8. The molecular formula is C10H19N3O8. The van der Waals surface area contributed by atoms with Crippen molar-refractivity contribution in [2.45, 2.75) is 38.8 Å². The second-order valence-electron chi connectivity index (χ2n) is 4.70. The van der Waals surface area contributed by atoms with Crippen LogP contribution in [0.3, 0.4) is 0 Å². The van der Waals surface area contributed by atoms with E-state index >= 15 is 0 Å². The van der Waals surface area contributed by atoms with Gasteiger partial charge in [-0.25, -0.2) is 19.7 Å². The quantitative estimate of drug-likeness (QED) is 0.418. The second kappa shape index (κ2) is 7.99. The summed E-state index contributed by atoms with van der Waals surface area (Å²) in [6, 6.07) is -1.91. The monoisotopic (exact) mass is 309 g/mol. The summed E-state index contributed by atoms with van der Waals surface area (Å²) in [5.41, 5.74) is -1.05. The number of carboxylic acid groups (broad SMARTS) is 1. The van der Waals surface area contributed by atoms with Gasteiger partial charge in [-0.3, -0.25) is 4.79 Å². The second-order valence-corrected chi connectivity index (χ2v) is 4.70. The number of hydrogen-bond donors (Lipinski definition) is 2. The van der Waals surface area contributed by atoms with E-state index in [-0.39, 0.29) is 11.2 Å². The van der Waals surface area contributed by atoms with Crippen molar-refractivity contribution >= 4 is 18.0 Å². The standard InChI is InChI=1S/C10H16N2O8.H3N/c1-10(2,3)20-9(16)11(12(17)18)6(5-7(13)14)8(15)19-4;/h6H,5H2,1-4H3,(H,13,14);1H3/t6-;/m0./s1. The molecule has 0 radical (unpaired) electrons. The van der Waals surface area contributed by atoms with E-state index < -0.39 is 41.1 Å². The molecule has 11 heteroatoms. The lowest BCUT2D eigenvalue weighted by Crippen LogP contribution is -2.51. The molecule has 11 nitrogen and oxygen atoms in total. The van der Waals surface area contributed by atoms with Crippen LogP contribution in [0.1, 0.15) is 27.2 Å². The zero-order valence-corrected chi connectivity index (χ0v) is 12.2. The fraction of sp³-hybridized carbons (Fsp3) is 0.700. The summed E-state index contributed by atoms with van der Waals surface area (Å²) in [7, 11) is 0.921. The average Bonchev–Trinajstić information content (AvgIpc) is 2.23. The third kappa shape index (κ3) is 7.06. The van der Waals surface area contributed by atoms with Gasteiger partial charge < -0.3 is 20.7 Å². The number of carbonyl (C=O) groups excluding carboxylic acids is 2. The van der Waals surface area contributed by atoms with Gasteiger partial charge in [-0.1, -0.05) is 0 Å². The first-order chi connectivity index (χ1) is 8.99. The number of hydrazine groups is 1. The molecule has 1 atom stereocenters. The van der Waals surface area contributed by atoms with Crippen LogP contribution < -0.4 is 6.15 Å². The van der Waals surface area contributed by atoms with Crippen LogP contribution in [0.2, 0.25) is 0 Å². The molecule has 0 rings (SSSR count). The predicted octanol–water partition coefficient (Wildman–Crippen LogP) is 0.594. The number of methoxy groups -OCH3 is 1. The molecule has 0 bridgehead atoms. The van der Waals surface area contributed by atoms with E-state index in [9.17, 15) is 24.5 Å². The highest BCUT2D eigenvalue weighted by atomic mass is 16.7. The highest BCUT2D eigenvalue weighted by molar-refractivity contribution is 5.85. The van der Waals surface area contributed by atoms with Crippen LogP contribution in [-0.2, 0) is 19.1 Å². The van der Waals surface area contributed by atoms with E-state index in [4.69, 9.17) is 9.84 Å². The molecule has 0 aromatic heterocycles. The van der Waals surface area contributed by atoms with Crippen molar-refractivity contribution in [1.82, 2.24) is 11.2 Å². The summed E-state index contributed by atoms with van der Waals surface area (Å²) in [4.78, 5) is 44.7. The van der Waals surface area contributed by atoms with E-state index in [0.717, 1.165) is 7.11 Å². The Morgan fingerprint density at radius 3 is 2.10 bits per heavy atom. The van der Waals surface area contributed by atoms with Crippen LogP contribution in [0.25, 0.3) is 0 Å². The normalized spacial score (nSPS) is 11.6. The SMILES string of the molecule is COC(=O)[C@H](CC(=O)O)N(C(=O)OC(C)(C)C)[N+](=O)[O-].N. The van der Waals surface area contributed by atoms with Crippen molar-refractivity contribution in [3.05, 3.63) is 10.1 Å². The zero-order valence-electron chi connectivity index (χ0n) is 12.2. The van der Waals surface area contributed by atoms with Crippen molar-refractivity contribution in [3.8, 4) is 0 Å². The van der Waals surface area contributed by atoms with Gasteiger partial charge in [0.25, 0.3) is 0 Å². The van der Waals surface area contributed by atoms with Gasteiger partial charge in [-0.15, -0.1) is 0 Å². The molecule has 0 aliphatic carbocycles. The number of nitrogens with zero attached hydrogens (tertiary/aromatic N) is 2. The van der Waals surface area contributed by atoms with Gasteiger partial charge in [0.05, 0.1) is 13.5 Å². The van der Waals surface area contributed by atoms with Gasteiger partial charge in [-0.05, 0) is 25.8 Å². The van der Waals surface area contributed by atoms with Crippen molar-refractivity contribution in [2.24, 2.45) is 0 Å². The van der Waals surface area contributed by atoms with Crippen molar-refractivity contribution in [2.75, 3.05) is 7.11 Å². The molecule has 0 fully saturated rings. The predicted molar refractivity (Wildman–Crippen MR) is 68.1 cm³/mol. The van der Waals surface area contributed by atoms with Gasteiger partial charge in [0, 0.05) is 0 Å². The van der Waals surface area contributed by atoms with Gasteiger partial charge in [0.15, 0.2) is 5.03 Å². The van der Waals surface area contributed by atoms with Crippen LogP contribution in [0.15, 0.2) is 0 Å². The molecule has 0 spiro atoms. The Morgan fingerprint density at radius 1 is 1.33 bits per heavy atom. The number of carboxylic acids is 1. The van der Waals surface area contributed by atoms with E-state index in [1.807, 2.05) is 0 Å². The first-order valence-electron chi connectivity index (χ1n) is 5.45. The molecule has 1 amide bonds. The average molecular weight is 309 g/mol. The Labute approximate surface area is 120 Å². The molecule has 0 aromatic carbocycles. The maximum Gasteiger partial charge on any atom is 0.469 e. The summed E-state index contributed by atoms with van der Waals surface area (Å²) >= 11 is 0. The number of amides is 1. The van der Waals surface area contributed by atoms with E-state index in [0.29, 0.717) is 0 Å². The summed E-state index contributed by atoms with van der Waals surface area (Å²) in [6.07, 6.45) is -2.42. The molecule has 0 aromatic rings. The molecule has 0 unspecified atom stereocenters. The molecule has 122 valence electrons. The van der Waals surface area contributed by atoms with Crippen LogP contribution in [0, 0.1) is 10.1 Å². The molecule has 0 saturated carbocycles. The Balaban J connectivity index is 0. The first kappa shape index (κ1) is 20.9. The lowest BCUT2D eigenvalue weighted by Gasteiger charge is -2.24. The number of aliphatic carboxylic acids is 1. The fourth-order valence-electron chi connectivity index (χ4n) is 1.19. The number of ether oxygens (including phenoxy) is 2. The van der Waals surface area contributed by atoms with E-state index in [2.05, 4.69) is 4.74 Å². The first-order valence-corrected chi connectivity index (χ1v) is 5.45. The lowest BCUT2D eigenvalue weighted by molar-refractivity contribution is -0.641. The van der Waals surface area contributed by atoms with Crippen LogP contribution >= 0.6 is 0 Å². The zero-order chi connectivity index (χ0) is 16.1. The molecule has 4 N–H and O–H groups in total. The van der Waals surface area contributed by atoms with E-state index in [1.165, 1.54) is 20.8 Å². The number of nitro groups is 1. The number of rotatable bonds is 5. The summed E-state index contributed by atoms with van der Waals surface area (Å²) in [6.45, 7) is 4.40. The van der Waals surface area contributed by atoms with Gasteiger partial charge in [0.2, 0.25) is 6.04 Å². The van der Waals surface area contributed by atoms with Crippen LogP contribution in [-0.4, -0.2) is 51.9 Å². The molecule has 0 aliphatic rings. The minimum atomic E-state index is -1.91. The number of carbonyl (C=O) groups is 3. The minimum Gasteiger partial charge on any atom is -0.481 e. The molecule has 0 saturated heterocycles. The highest BCUT2D eigenvalue weighted by Gasteiger charge is 2.43. The minimum absolute atomic E-state index is 0. The Bertz CT molecular complexity index is 417. The van der Waals surface area contributed by atoms with Crippen LogP contribution in [0.4, 0.5) is 4.79 Å². The highest BCUT2D eigenvalue weighted by Crippen LogP contribution is 2.14. The topological polar surface area (TPSA) is 171 Å². The van der Waals surface area contributed by atoms with Crippen molar-refractivity contribution in [3.63, 3.8) is 0 Å². The Hall–Kier alpha value is -2.43. The number of esters is 1. The van der Waals surface area contributed by atoms with Crippen molar-refractivity contribution in [1.29, 1.82) is 0 Å². The van der Waals surface area contributed by atoms with Crippen molar-refractivity contribution < 1.29 is 34.0 Å². The molecule has 0 heterocycles. The smallest absolute Gasteiger partial charge is 0.469 e. The maximum absolute atomic E-state index is 11.7. The largest absolute Gasteiger partial charge is 0.481 e. The summed E-state index contributed by atoms with van der Waals surface area (Å²) < 4.78 is 9.03. The lowest BCUT2D eigenvalue weighted by atomic mass is 10.2. The van der Waals surface area contributed by atoms with Gasteiger partial charge in [-0.2, -0.15) is 0 Å². The third-order valence-electron chi connectivity index (χ3n) is 1.89.